The Morgan fingerprint density at radius 3 is 2.31 bits per heavy atom. The second-order valence-corrected chi connectivity index (χ2v) is 8.58. The molecule has 0 saturated heterocycles. The lowest BCUT2D eigenvalue weighted by Crippen LogP contribution is -2.21. The van der Waals surface area contributed by atoms with E-state index in [4.69, 9.17) is 16.0 Å². The van der Waals surface area contributed by atoms with Gasteiger partial charge in [-0.05, 0) is 62.1 Å². The van der Waals surface area contributed by atoms with Gasteiger partial charge in [0.1, 0.15) is 5.58 Å². The molecule has 0 saturated carbocycles. The van der Waals surface area contributed by atoms with Gasteiger partial charge in [0.25, 0.3) is 0 Å². The number of hydrogen-bond acceptors (Lipinski definition) is 3. The SMILES string of the molecule is Cc1cc(C)c(NC(=O)Cc2c(-c3ccccc3C)c3c(Cl)cccc3oc2=O)c(C)c1. The summed E-state index contributed by atoms with van der Waals surface area (Å²) >= 11 is 6.55. The summed E-state index contributed by atoms with van der Waals surface area (Å²) in [4.78, 5) is 26.1. The molecule has 32 heavy (non-hydrogen) atoms. The largest absolute Gasteiger partial charge is 0.422 e. The van der Waals surface area contributed by atoms with Crippen LogP contribution >= 0.6 is 11.6 Å². The third kappa shape index (κ3) is 4.06. The summed E-state index contributed by atoms with van der Waals surface area (Å²) in [6, 6.07) is 17.0. The Kier molecular flexibility index (Phi) is 5.90. The van der Waals surface area contributed by atoms with E-state index in [1.165, 1.54) is 0 Å². The van der Waals surface area contributed by atoms with Gasteiger partial charge < -0.3 is 9.73 Å². The van der Waals surface area contributed by atoms with Crippen LogP contribution in [-0.4, -0.2) is 5.91 Å². The highest BCUT2D eigenvalue weighted by atomic mass is 35.5. The van der Waals surface area contributed by atoms with Crippen LogP contribution in [0.3, 0.4) is 0 Å². The van der Waals surface area contributed by atoms with Gasteiger partial charge in [-0.3, -0.25) is 4.79 Å². The van der Waals surface area contributed by atoms with Gasteiger partial charge in [0, 0.05) is 16.6 Å². The maximum Gasteiger partial charge on any atom is 0.340 e. The summed E-state index contributed by atoms with van der Waals surface area (Å²) in [5, 5.41) is 4.09. The molecule has 4 rings (SSSR count). The molecule has 0 fully saturated rings. The summed E-state index contributed by atoms with van der Waals surface area (Å²) in [6.45, 7) is 7.90. The van der Waals surface area contributed by atoms with Crippen molar-refractivity contribution in [3.05, 3.63) is 97.9 Å². The molecule has 162 valence electrons. The van der Waals surface area contributed by atoms with Crippen molar-refractivity contribution < 1.29 is 9.21 Å². The lowest BCUT2D eigenvalue weighted by molar-refractivity contribution is -0.115. The minimum absolute atomic E-state index is 0.125. The smallest absolute Gasteiger partial charge is 0.340 e. The van der Waals surface area contributed by atoms with Crippen LogP contribution < -0.4 is 10.9 Å². The van der Waals surface area contributed by atoms with Gasteiger partial charge >= 0.3 is 5.63 Å². The molecule has 0 spiro atoms. The van der Waals surface area contributed by atoms with E-state index in [-0.39, 0.29) is 12.3 Å². The second kappa shape index (κ2) is 8.64. The van der Waals surface area contributed by atoms with Gasteiger partial charge in [-0.2, -0.15) is 0 Å². The normalized spacial score (nSPS) is 11.0. The first-order valence-electron chi connectivity index (χ1n) is 10.4. The first-order valence-corrected chi connectivity index (χ1v) is 10.8. The Hall–Kier alpha value is -3.37. The van der Waals surface area contributed by atoms with Gasteiger partial charge in [-0.1, -0.05) is 59.6 Å². The fourth-order valence-corrected chi connectivity index (χ4v) is 4.54. The number of hydrogen-bond donors (Lipinski definition) is 1. The number of fused-ring (bicyclic) bond motifs is 1. The molecule has 0 aliphatic rings. The van der Waals surface area contributed by atoms with E-state index in [1.54, 1.807) is 18.2 Å². The fourth-order valence-electron chi connectivity index (χ4n) is 4.28. The zero-order valence-electron chi connectivity index (χ0n) is 18.5. The Labute approximate surface area is 191 Å². The van der Waals surface area contributed by atoms with Gasteiger partial charge in [-0.25, -0.2) is 4.79 Å². The molecule has 1 N–H and O–H groups in total. The molecular weight excluding hydrogens is 422 g/mol. The van der Waals surface area contributed by atoms with Crippen LogP contribution in [-0.2, 0) is 11.2 Å². The van der Waals surface area contributed by atoms with Gasteiger partial charge in [0.2, 0.25) is 5.91 Å². The molecule has 1 amide bonds. The Balaban J connectivity index is 1.86. The highest BCUT2D eigenvalue weighted by molar-refractivity contribution is 6.36. The highest BCUT2D eigenvalue weighted by Gasteiger charge is 2.22. The minimum atomic E-state index is -0.537. The molecule has 0 radical (unpaired) electrons. The van der Waals surface area contributed by atoms with Crippen molar-refractivity contribution in [2.24, 2.45) is 0 Å². The van der Waals surface area contributed by atoms with E-state index < -0.39 is 5.63 Å². The van der Waals surface area contributed by atoms with Gasteiger partial charge in [0.05, 0.1) is 17.0 Å². The third-order valence-electron chi connectivity index (χ3n) is 5.67. The van der Waals surface area contributed by atoms with Crippen molar-refractivity contribution in [3.63, 3.8) is 0 Å². The molecule has 4 nitrogen and oxygen atoms in total. The molecule has 4 aromatic rings. The molecule has 0 atom stereocenters. The van der Waals surface area contributed by atoms with E-state index in [2.05, 4.69) is 5.32 Å². The number of anilines is 1. The summed E-state index contributed by atoms with van der Waals surface area (Å²) in [6.07, 6.45) is -0.125. The van der Waals surface area contributed by atoms with Crippen molar-refractivity contribution in [2.75, 3.05) is 5.32 Å². The monoisotopic (exact) mass is 445 g/mol. The standard InChI is InChI=1S/C27H24ClNO3/c1-15-12-17(3)26(18(4)13-15)29-23(30)14-20-24(19-9-6-5-8-16(19)2)25-21(28)10-7-11-22(25)32-27(20)31/h5-13H,14H2,1-4H3,(H,29,30). The van der Waals surface area contributed by atoms with Crippen molar-refractivity contribution in [1.82, 2.24) is 0 Å². The predicted octanol–water partition coefficient (Wildman–Crippen LogP) is 6.53. The number of amides is 1. The van der Waals surface area contributed by atoms with Crippen molar-refractivity contribution in [2.45, 2.75) is 34.1 Å². The average molecular weight is 446 g/mol. The zero-order chi connectivity index (χ0) is 23.0. The molecule has 1 aromatic heterocycles. The van der Waals surface area contributed by atoms with Gasteiger partial charge in [0.15, 0.2) is 0 Å². The maximum atomic E-state index is 13.1. The second-order valence-electron chi connectivity index (χ2n) is 8.17. The van der Waals surface area contributed by atoms with Crippen LogP contribution in [0.5, 0.6) is 0 Å². The van der Waals surface area contributed by atoms with E-state index in [1.807, 2.05) is 64.1 Å². The number of aryl methyl sites for hydroxylation is 4. The Bertz CT molecular complexity index is 1400. The predicted molar refractivity (Wildman–Crippen MR) is 131 cm³/mol. The average Bonchev–Trinajstić information content (AvgIpc) is 2.72. The fraction of sp³-hybridized carbons (Fsp3) is 0.185. The summed E-state index contributed by atoms with van der Waals surface area (Å²) < 4.78 is 5.57. The molecule has 5 heteroatoms. The van der Waals surface area contributed by atoms with Crippen LogP contribution in [0.25, 0.3) is 22.1 Å². The number of benzene rings is 3. The first-order chi connectivity index (χ1) is 15.3. The van der Waals surface area contributed by atoms with Crippen LogP contribution in [0.2, 0.25) is 5.02 Å². The van der Waals surface area contributed by atoms with Crippen molar-refractivity contribution in [1.29, 1.82) is 0 Å². The highest BCUT2D eigenvalue weighted by Crippen LogP contribution is 2.37. The molecule has 1 heterocycles. The van der Waals surface area contributed by atoms with Crippen LogP contribution in [0.4, 0.5) is 5.69 Å². The summed E-state index contributed by atoms with van der Waals surface area (Å²) in [5.74, 6) is -0.284. The number of nitrogens with one attached hydrogen (secondary N) is 1. The molecule has 0 aliphatic heterocycles. The number of carbonyl (C=O) groups is 1. The number of rotatable bonds is 4. The van der Waals surface area contributed by atoms with E-state index in [9.17, 15) is 9.59 Å². The van der Waals surface area contributed by atoms with Crippen LogP contribution in [0.15, 0.2) is 63.8 Å². The molecule has 0 aliphatic carbocycles. The van der Waals surface area contributed by atoms with Crippen molar-refractivity contribution >= 4 is 34.2 Å². The minimum Gasteiger partial charge on any atom is -0.422 e. The molecular formula is C27H24ClNO3. The third-order valence-corrected chi connectivity index (χ3v) is 5.98. The van der Waals surface area contributed by atoms with E-state index in [0.717, 1.165) is 33.5 Å². The van der Waals surface area contributed by atoms with E-state index in [0.29, 0.717) is 27.1 Å². The zero-order valence-corrected chi connectivity index (χ0v) is 19.3. The van der Waals surface area contributed by atoms with E-state index >= 15 is 0 Å². The quantitative estimate of drug-likeness (QED) is 0.363. The lowest BCUT2D eigenvalue weighted by Gasteiger charge is -2.16. The number of halogens is 1. The number of carbonyl (C=O) groups excluding carboxylic acids is 1. The Morgan fingerprint density at radius 2 is 1.62 bits per heavy atom. The molecule has 0 unspecified atom stereocenters. The topological polar surface area (TPSA) is 59.3 Å². The molecule has 3 aromatic carbocycles. The van der Waals surface area contributed by atoms with Crippen LogP contribution in [0, 0.1) is 27.7 Å². The summed E-state index contributed by atoms with van der Waals surface area (Å²) in [5.41, 5.74) is 6.47. The summed E-state index contributed by atoms with van der Waals surface area (Å²) in [7, 11) is 0. The molecule has 0 bridgehead atoms. The van der Waals surface area contributed by atoms with Crippen molar-refractivity contribution in [3.8, 4) is 11.1 Å². The first kappa shape index (κ1) is 21.8. The Morgan fingerprint density at radius 1 is 0.938 bits per heavy atom. The van der Waals surface area contributed by atoms with Crippen LogP contribution in [0.1, 0.15) is 27.8 Å². The maximum absolute atomic E-state index is 13.1. The lowest BCUT2D eigenvalue weighted by atomic mass is 9.92. The van der Waals surface area contributed by atoms with Gasteiger partial charge in [-0.15, -0.1) is 0 Å².